The Labute approximate surface area is 352 Å². The predicted octanol–water partition coefficient (Wildman–Crippen LogP) is 7.11. The van der Waals surface area contributed by atoms with Crippen molar-refractivity contribution in [2.75, 3.05) is 26.7 Å². The zero-order valence-electron chi connectivity index (χ0n) is 35.3. The maximum atomic E-state index is 14.1. The van der Waals surface area contributed by atoms with Gasteiger partial charge in [0.15, 0.2) is 0 Å². The minimum absolute atomic E-state index is 0.0408. The number of carbonyl (C=O) groups excluding carboxylic acids is 4. The van der Waals surface area contributed by atoms with Gasteiger partial charge in [-0.15, -0.1) is 0 Å². The lowest BCUT2D eigenvalue weighted by Gasteiger charge is -2.53. The molecule has 60 heavy (non-hydrogen) atoms. The number of hydrogen-bond donors (Lipinski definition) is 5. The second-order valence-electron chi connectivity index (χ2n) is 17.6. The number of benzene rings is 2. The number of imidazole rings is 2. The van der Waals surface area contributed by atoms with Crippen LogP contribution < -0.4 is 16.0 Å². The number of hydrogen-bond acceptors (Lipinski definition) is 7. The van der Waals surface area contributed by atoms with Crippen molar-refractivity contribution >= 4 is 23.9 Å². The van der Waals surface area contributed by atoms with Crippen molar-refractivity contribution in [1.29, 1.82) is 0 Å². The van der Waals surface area contributed by atoms with Crippen LogP contribution in [0.5, 0.6) is 0 Å². The summed E-state index contributed by atoms with van der Waals surface area (Å²) in [6.07, 6.45) is 13.1. The number of carbonyl (C=O) groups is 4. The molecule has 9 rings (SSSR count). The van der Waals surface area contributed by atoms with Gasteiger partial charge in [0.2, 0.25) is 11.8 Å². The molecule has 0 unspecified atom stereocenters. The fourth-order valence-corrected chi connectivity index (χ4v) is 10.4. The van der Waals surface area contributed by atoms with E-state index in [0.717, 1.165) is 92.7 Å². The summed E-state index contributed by atoms with van der Waals surface area (Å²) < 4.78 is 4.78. The molecule has 3 saturated carbocycles. The number of rotatable bonds is 12. The Bertz CT molecular complexity index is 2140. The van der Waals surface area contributed by atoms with Gasteiger partial charge in [-0.2, -0.15) is 0 Å². The highest BCUT2D eigenvalue weighted by Crippen LogP contribution is 2.58. The van der Waals surface area contributed by atoms with E-state index < -0.39 is 18.2 Å². The lowest BCUT2D eigenvalue weighted by atomic mass is 9.51. The normalized spacial score (nSPS) is 24.6. The smallest absolute Gasteiger partial charge is 0.407 e. The van der Waals surface area contributed by atoms with Crippen molar-refractivity contribution < 1.29 is 23.9 Å². The topological polar surface area (TPSA) is 177 Å². The fraction of sp³-hybridized carbons (Fsp3) is 0.522. The highest BCUT2D eigenvalue weighted by Gasteiger charge is 2.51. The summed E-state index contributed by atoms with van der Waals surface area (Å²) in [4.78, 5) is 73.1. The number of ether oxygens (including phenoxy) is 1. The SMILES string of the molecule is CCNC(=O)N[C@@H](C(=O)N1CCC[C@H]1c1ncc(C23CCC(c4ccc(-c5cnc([C@@H]6CCCN6C(=O)[C@@H](NC(=O)OC)C(C)C)[nH]5)cc4)(CC2)CC3)[nH]1)c1ccccc1. The molecule has 2 aromatic heterocycles. The maximum Gasteiger partial charge on any atom is 0.407 e. The molecular weight excluding hydrogens is 759 g/mol. The first-order valence-electron chi connectivity index (χ1n) is 21.8. The van der Waals surface area contributed by atoms with Crippen molar-refractivity contribution in [2.24, 2.45) is 5.92 Å². The number of urea groups is 1. The first-order valence-corrected chi connectivity index (χ1v) is 21.8. The van der Waals surface area contributed by atoms with Gasteiger partial charge >= 0.3 is 12.1 Å². The summed E-state index contributed by atoms with van der Waals surface area (Å²) in [5.74, 6) is 1.25. The Hall–Kier alpha value is -5.66. The third-order valence-corrected chi connectivity index (χ3v) is 13.9. The van der Waals surface area contributed by atoms with Gasteiger partial charge in [-0.1, -0.05) is 68.4 Å². The largest absolute Gasteiger partial charge is 0.453 e. The molecule has 318 valence electrons. The van der Waals surface area contributed by atoms with E-state index in [4.69, 9.17) is 14.7 Å². The number of aromatic nitrogens is 4. The van der Waals surface area contributed by atoms with Crippen molar-refractivity contribution in [2.45, 2.75) is 120 Å². The van der Waals surface area contributed by atoms with Crippen LogP contribution in [0.3, 0.4) is 0 Å². The van der Waals surface area contributed by atoms with Gasteiger partial charge < -0.3 is 40.5 Å². The number of likely N-dealkylation sites (tertiary alicyclic amines) is 2. The molecule has 4 heterocycles. The number of aromatic amines is 2. The van der Waals surface area contributed by atoms with Gasteiger partial charge in [0, 0.05) is 36.9 Å². The minimum Gasteiger partial charge on any atom is -0.453 e. The molecule has 5 aliphatic rings. The number of fused-ring (bicyclic) bond motifs is 3. The minimum atomic E-state index is -0.788. The molecule has 0 spiro atoms. The molecular formula is C46H59N9O5. The Kier molecular flexibility index (Phi) is 11.7. The number of alkyl carbamates (subject to hydrolysis) is 1. The van der Waals surface area contributed by atoms with Crippen LogP contribution in [0.1, 0.15) is 132 Å². The summed E-state index contributed by atoms with van der Waals surface area (Å²) in [6.45, 7) is 7.39. The van der Waals surface area contributed by atoms with E-state index in [2.05, 4.69) is 50.2 Å². The average Bonchev–Trinajstić information content (AvgIpc) is 4.12. The summed E-state index contributed by atoms with van der Waals surface area (Å²) in [5, 5.41) is 8.40. The Morgan fingerprint density at radius 3 is 2.00 bits per heavy atom. The maximum absolute atomic E-state index is 14.1. The Balaban J connectivity index is 0.915. The lowest BCUT2D eigenvalue weighted by molar-refractivity contribution is -0.135. The Morgan fingerprint density at radius 1 is 0.783 bits per heavy atom. The van der Waals surface area contributed by atoms with E-state index in [0.29, 0.717) is 19.6 Å². The van der Waals surface area contributed by atoms with Crippen LogP contribution in [0.25, 0.3) is 11.3 Å². The van der Waals surface area contributed by atoms with E-state index in [9.17, 15) is 19.2 Å². The summed E-state index contributed by atoms with van der Waals surface area (Å²) >= 11 is 0. The molecule has 2 bridgehead atoms. The number of amides is 5. The van der Waals surface area contributed by atoms with Gasteiger partial charge in [0.1, 0.15) is 23.7 Å². The van der Waals surface area contributed by atoms with E-state index in [1.165, 1.54) is 18.4 Å². The van der Waals surface area contributed by atoms with E-state index in [1.54, 1.807) is 0 Å². The van der Waals surface area contributed by atoms with Gasteiger partial charge in [0.25, 0.3) is 0 Å². The third kappa shape index (κ3) is 7.88. The molecule has 4 atom stereocenters. The standard InChI is InChI=1S/C46H59N9O5/c1-5-47-43(58)52-38(31-11-7-6-8-12-31)42(57)55-26-10-14-35(55)40-49-28-36(51-40)46-22-19-45(20-23-46,21-24-46)32-17-15-30(16-18-32)33-27-48-39(50-33)34-13-9-25-54(34)41(56)37(29(2)3)53-44(59)60-4/h6-8,11-12,15-18,27-29,34-35,37-38H,5,9-10,13-14,19-26H2,1-4H3,(H,48,50)(H,49,51)(H,53,59)(H2,47,52,58)/t34-,35-,37-,38+,45?,46?/m0/s1. The predicted molar refractivity (Wildman–Crippen MR) is 227 cm³/mol. The van der Waals surface area contributed by atoms with E-state index in [-0.39, 0.29) is 46.7 Å². The van der Waals surface area contributed by atoms with Gasteiger partial charge in [-0.25, -0.2) is 19.6 Å². The number of methoxy groups -OCH3 is 1. The monoisotopic (exact) mass is 817 g/mol. The molecule has 4 aromatic rings. The summed E-state index contributed by atoms with van der Waals surface area (Å²) in [6, 6.07) is 16.2. The molecule has 2 aliphatic heterocycles. The van der Waals surface area contributed by atoms with Crippen LogP contribution in [0.4, 0.5) is 9.59 Å². The van der Waals surface area contributed by atoms with Crippen molar-refractivity contribution in [3.63, 3.8) is 0 Å². The van der Waals surface area contributed by atoms with E-state index in [1.807, 2.05) is 73.3 Å². The zero-order valence-corrected chi connectivity index (χ0v) is 35.3. The molecule has 2 saturated heterocycles. The van der Waals surface area contributed by atoms with Gasteiger partial charge in [-0.3, -0.25) is 9.59 Å². The number of H-pyrrole nitrogens is 2. The summed E-state index contributed by atoms with van der Waals surface area (Å²) in [5.41, 5.74) is 5.46. The van der Waals surface area contributed by atoms with Crippen LogP contribution >= 0.6 is 0 Å². The third-order valence-electron chi connectivity index (χ3n) is 13.9. The molecule has 5 N–H and O–H groups in total. The van der Waals surface area contributed by atoms with Crippen LogP contribution in [-0.2, 0) is 25.2 Å². The molecule has 14 heteroatoms. The first-order chi connectivity index (χ1) is 29.0. The van der Waals surface area contributed by atoms with Crippen LogP contribution in [0.15, 0.2) is 67.0 Å². The molecule has 0 radical (unpaired) electrons. The Morgan fingerprint density at radius 2 is 1.38 bits per heavy atom. The zero-order chi connectivity index (χ0) is 42.0. The molecule has 2 aromatic carbocycles. The van der Waals surface area contributed by atoms with Crippen LogP contribution in [0, 0.1) is 5.92 Å². The second kappa shape index (κ2) is 17.1. The molecule has 5 amide bonds. The molecule has 3 aliphatic carbocycles. The second-order valence-corrected chi connectivity index (χ2v) is 17.6. The van der Waals surface area contributed by atoms with Crippen molar-refractivity contribution in [3.05, 3.63) is 95.5 Å². The first kappa shape index (κ1) is 41.1. The highest BCUT2D eigenvalue weighted by atomic mass is 16.5. The quantitative estimate of drug-likeness (QED) is 0.101. The summed E-state index contributed by atoms with van der Waals surface area (Å²) in [7, 11) is 1.30. The number of nitrogens with zero attached hydrogens (tertiary/aromatic N) is 4. The average molecular weight is 818 g/mol. The number of nitrogens with one attached hydrogen (secondary N) is 5. The van der Waals surface area contributed by atoms with Crippen molar-refractivity contribution in [3.8, 4) is 11.3 Å². The highest BCUT2D eigenvalue weighted by molar-refractivity contribution is 5.89. The van der Waals surface area contributed by atoms with Crippen LogP contribution in [-0.4, -0.2) is 86.5 Å². The van der Waals surface area contributed by atoms with Crippen molar-refractivity contribution in [1.82, 2.24) is 45.7 Å². The van der Waals surface area contributed by atoms with Crippen LogP contribution in [0.2, 0.25) is 0 Å². The van der Waals surface area contributed by atoms with E-state index >= 15 is 0 Å². The fourth-order valence-electron chi connectivity index (χ4n) is 10.4. The molecule has 5 fully saturated rings. The van der Waals surface area contributed by atoms with Gasteiger partial charge in [-0.05, 0) is 99.2 Å². The molecule has 14 nitrogen and oxygen atoms in total. The van der Waals surface area contributed by atoms with Gasteiger partial charge in [0.05, 0.1) is 31.1 Å². The lowest BCUT2D eigenvalue weighted by Crippen LogP contribution is -2.51.